The number of Topliss-reactive ketones (excluding diaryl/α,β-unsaturated/α-hetero) is 1. The second kappa shape index (κ2) is 8.82. The molecule has 5 heteroatoms. The van der Waals surface area contributed by atoms with Gasteiger partial charge in [-0.15, -0.1) is 6.58 Å². The van der Waals surface area contributed by atoms with Gasteiger partial charge in [0.25, 0.3) is 10.1 Å². The van der Waals surface area contributed by atoms with Crippen molar-refractivity contribution in [2.45, 2.75) is 11.3 Å². The van der Waals surface area contributed by atoms with E-state index in [1.54, 1.807) is 18.2 Å². The van der Waals surface area contributed by atoms with E-state index in [1.165, 1.54) is 18.2 Å². The Morgan fingerprint density at radius 1 is 1.00 bits per heavy atom. The second-order valence-corrected chi connectivity index (χ2v) is 5.89. The van der Waals surface area contributed by atoms with Crippen LogP contribution in [-0.4, -0.2) is 18.8 Å². The average molecular weight is 330 g/mol. The summed E-state index contributed by atoms with van der Waals surface area (Å²) in [6.07, 6.45) is 3.42. The smallest absolute Gasteiger partial charge is 0.294 e. The minimum Gasteiger partial charge on any atom is -0.294 e. The number of ketones is 1. The van der Waals surface area contributed by atoms with E-state index in [4.69, 9.17) is 4.55 Å². The summed E-state index contributed by atoms with van der Waals surface area (Å²) in [4.78, 5) is 11.1. The highest BCUT2D eigenvalue weighted by molar-refractivity contribution is 7.85. The van der Waals surface area contributed by atoms with E-state index in [9.17, 15) is 13.2 Å². The molecule has 23 heavy (non-hydrogen) atoms. The third-order valence-electron chi connectivity index (χ3n) is 2.84. The van der Waals surface area contributed by atoms with E-state index >= 15 is 0 Å². The molecule has 2 aromatic carbocycles. The Labute approximate surface area is 136 Å². The Hall–Kier alpha value is -2.50. The van der Waals surface area contributed by atoms with Crippen LogP contribution in [0.1, 0.15) is 22.3 Å². The molecule has 0 unspecified atom stereocenters. The molecule has 2 aromatic rings. The molecule has 0 saturated heterocycles. The van der Waals surface area contributed by atoms with Crippen molar-refractivity contribution in [3.8, 4) is 0 Å². The zero-order valence-electron chi connectivity index (χ0n) is 12.6. The number of benzene rings is 2. The van der Waals surface area contributed by atoms with Crippen LogP contribution in [0.15, 0.2) is 78.7 Å². The molecule has 0 bridgehead atoms. The molecule has 0 fully saturated rings. The molecule has 1 N–H and O–H groups in total. The van der Waals surface area contributed by atoms with Gasteiger partial charge in [0.15, 0.2) is 5.78 Å². The molecule has 2 rings (SSSR count). The first-order chi connectivity index (χ1) is 10.9. The van der Waals surface area contributed by atoms with Crippen LogP contribution in [0.5, 0.6) is 0 Å². The van der Waals surface area contributed by atoms with Crippen molar-refractivity contribution in [2.75, 3.05) is 0 Å². The number of hydrogen-bond donors (Lipinski definition) is 1. The lowest BCUT2D eigenvalue weighted by atomic mass is 10.1. The van der Waals surface area contributed by atoms with E-state index in [0.717, 1.165) is 5.56 Å². The van der Waals surface area contributed by atoms with Crippen LogP contribution in [0, 0.1) is 0 Å². The lowest BCUT2D eigenvalue weighted by molar-refractivity contribution is 0.0996. The largest absolute Gasteiger partial charge is 0.295 e. The molecule has 0 aromatic heterocycles. The van der Waals surface area contributed by atoms with Gasteiger partial charge in [0.1, 0.15) is 4.90 Å². The highest BCUT2D eigenvalue weighted by atomic mass is 32.2. The van der Waals surface area contributed by atoms with Gasteiger partial charge in [0, 0.05) is 12.0 Å². The number of hydrogen-bond acceptors (Lipinski definition) is 3. The number of rotatable bonds is 5. The SMILES string of the molecule is C=CCC(=O)c1ccccc1.C=Cc1ccccc1S(=O)(=O)O. The molecular weight excluding hydrogens is 312 g/mol. The first-order valence-electron chi connectivity index (χ1n) is 6.78. The van der Waals surface area contributed by atoms with Crippen molar-refractivity contribution in [2.24, 2.45) is 0 Å². The van der Waals surface area contributed by atoms with E-state index < -0.39 is 10.1 Å². The van der Waals surface area contributed by atoms with Crippen LogP contribution >= 0.6 is 0 Å². The maximum atomic E-state index is 11.2. The summed E-state index contributed by atoms with van der Waals surface area (Å²) in [5, 5.41) is 0. The van der Waals surface area contributed by atoms with E-state index in [1.807, 2.05) is 30.3 Å². The normalized spacial score (nSPS) is 10.1. The van der Waals surface area contributed by atoms with Gasteiger partial charge in [0.05, 0.1) is 0 Å². The minimum atomic E-state index is -4.12. The summed E-state index contributed by atoms with van der Waals surface area (Å²) in [5.41, 5.74) is 1.16. The molecule has 0 amide bonds. The summed E-state index contributed by atoms with van der Waals surface area (Å²) < 4.78 is 30.2. The van der Waals surface area contributed by atoms with Gasteiger partial charge in [-0.2, -0.15) is 8.42 Å². The fourth-order valence-electron chi connectivity index (χ4n) is 1.76. The molecule has 4 nitrogen and oxygen atoms in total. The Bertz CT molecular complexity index is 778. The van der Waals surface area contributed by atoms with Gasteiger partial charge in [-0.25, -0.2) is 0 Å². The molecule has 120 valence electrons. The van der Waals surface area contributed by atoms with Crippen LogP contribution in [0.25, 0.3) is 6.08 Å². The van der Waals surface area contributed by atoms with E-state index in [-0.39, 0.29) is 10.7 Å². The summed E-state index contributed by atoms with van der Waals surface area (Å²) in [6.45, 7) is 6.93. The quantitative estimate of drug-likeness (QED) is 0.510. The molecule has 0 atom stereocenters. The molecule has 0 aliphatic carbocycles. The summed E-state index contributed by atoms with van der Waals surface area (Å²) in [6, 6.07) is 15.3. The van der Waals surface area contributed by atoms with E-state index in [0.29, 0.717) is 12.0 Å². The number of carbonyl (C=O) groups is 1. The van der Waals surface area contributed by atoms with Crippen molar-refractivity contribution >= 4 is 22.0 Å². The fourth-order valence-corrected chi connectivity index (χ4v) is 2.46. The monoisotopic (exact) mass is 330 g/mol. The summed E-state index contributed by atoms with van der Waals surface area (Å²) in [7, 11) is -4.12. The summed E-state index contributed by atoms with van der Waals surface area (Å²) in [5.74, 6) is 0.126. The molecule has 0 radical (unpaired) electrons. The Morgan fingerprint density at radius 3 is 2.04 bits per heavy atom. The maximum Gasteiger partial charge on any atom is 0.295 e. The topological polar surface area (TPSA) is 71.4 Å². The van der Waals surface area contributed by atoms with Crippen molar-refractivity contribution in [3.05, 3.63) is 85.0 Å². The van der Waals surface area contributed by atoms with Crippen LogP contribution in [0.4, 0.5) is 0 Å². The molecule has 0 heterocycles. The minimum absolute atomic E-state index is 0.111. The Morgan fingerprint density at radius 2 is 1.57 bits per heavy atom. The lowest BCUT2D eigenvalue weighted by Gasteiger charge is -2.00. The number of allylic oxidation sites excluding steroid dienone is 1. The van der Waals surface area contributed by atoms with Crippen molar-refractivity contribution in [1.82, 2.24) is 0 Å². The zero-order chi connectivity index (χ0) is 17.3. The summed E-state index contributed by atoms with van der Waals surface area (Å²) >= 11 is 0. The molecule has 0 aliphatic heterocycles. The highest BCUT2D eigenvalue weighted by Crippen LogP contribution is 2.15. The van der Waals surface area contributed by atoms with Gasteiger partial charge >= 0.3 is 0 Å². The van der Waals surface area contributed by atoms with Crippen LogP contribution in [-0.2, 0) is 10.1 Å². The molecular formula is C18H18O4S. The Kier molecular flexibility index (Phi) is 7.12. The van der Waals surface area contributed by atoms with Crippen LogP contribution < -0.4 is 0 Å². The lowest BCUT2D eigenvalue weighted by Crippen LogP contribution is -1.99. The molecule has 0 saturated carbocycles. The first-order valence-corrected chi connectivity index (χ1v) is 8.22. The maximum absolute atomic E-state index is 11.2. The standard InChI is InChI=1S/C10H10O.C8H8O3S/c1-2-6-10(11)9-7-4-3-5-8-9;1-2-7-5-3-4-6-8(7)12(9,10)11/h2-5,7-8H,1,6H2;2-6H,1H2,(H,9,10,11). The fraction of sp³-hybridized carbons (Fsp3) is 0.0556. The second-order valence-electron chi connectivity index (χ2n) is 4.50. The molecule has 0 spiro atoms. The van der Waals surface area contributed by atoms with Crippen LogP contribution in [0.2, 0.25) is 0 Å². The number of carbonyl (C=O) groups excluding carboxylic acids is 1. The van der Waals surface area contributed by atoms with Gasteiger partial charge in [-0.1, -0.05) is 67.3 Å². The van der Waals surface area contributed by atoms with Crippen molar-refractivity contribution in [3.63, 3.8) is 0 Å². The first kappa shape index (κ1) is 18.5. The van der Waals surface area contributed by atoms with E-state index in [2.05, 4.69) is 13.2 Å². The van der Waals surface area contributed by atoms with Crippen LogP contribution in [0.3, 0.4) is 0 Å². The van der Waals surface area contributed by atoms with Gasteiger partial charge in [0.2, 0.25) is 0 Å². The molecule has 0 aliphatic rings. The van der Waals surface area contributed by atoms with Crippen molar-refractivity contribution < 1.29 is 17.8 Å². The predicted octanol–water partition coefficient (Wildman–Crippen LogP) is 4.02. The Balaban J connectivity index is 0.000000231. The van der Waals surface area contributed by atoms with Gasteiger partial charge < -0.3 is 0 Å². The van der Waals surface area contributed by atoms with Gasteiger partial charge in [-0.3, -0.25) is 9.35 Å². The third-order valence-corrected chi connectivity index (χ3v) is 3.77. The third kappa shape index (κ3) is 6.02. The van der Waals surface area contributed by atoms with Gasteiger partial charge in [-0.05, 0) is 11.6 Å². The zero-order valence-corrected chi connectivity index (χ0v) is 13.4. The highest BCUT2D eigenvalue weighted by Gasteiger charge is 2.11. The average Bonchev–Trinajstić information content (AvgIpc) is 2.55. The van der Waals surface area contributed by atoms with Crippen molar-refractivity contribution in [1.29, 1.82) is 0 Å². The predicted molar refractivity (Wildman–Crippen MR) is 91.9 cm³/mol.